The third-order valence-electron chi connectivity index (χ3n) is 2.70. The summed E-state index contributed by atoms with van der Waals surface area (Å²) in [6.45, 7) is 5.79. The van der Waals surface area contributed by atoms with E-state index in [1.807, 2.05) is 12.1 Å². The monoisotopic (exact) mass is 272 g/mol. The quantitative estimate of drug-likeness (QED) is 0.839. The molecule has 0 aromatic carbocycles. The van der Waals surface area contributed by atoms with Gasteiger partial charge in [0.25, 0.3) is 0 Å². The smallest absolute Gasteiger partial charge is 0.138 e. The Morgan fingerprint density at radius 3 is 2.80 bits per heavy atom. The van der Waals surface area contributed by atoms with Crippen molar-refractivity contribution >= 4 is 5.82 Å². The molecule has 5 heteroatoms. The fourth-order valence-corrected chi connectivity index (χ4v) is 1.72. The average molecular weight is 272 g/mol. The Bertz CT molecular complexity index is 495. The molecule has 106 valence electrons. The van der Waals surface area contributed by atoms with Crippen LogP contribution < -0.4 is 10.1 Å². The number of aromatic nitrogens is 3. The summed E-state index contributed by atoms with van der Waals surface area (Å²) in [5, 5.41) is 3.25. The molecule has 0 saturated heterocycles. The Labute approximate surface area is 119 Å². The van der Waals surface area contributed by atoms with Gasteiger partial charge >= 0.3 is 0 Å². The number of nitrogens with zero attached hydrogens (tertiary/aromatic N) is 3. The Balaban J connectivity index is 2.17. The number of pyridine rings is 1. The molecule has 0 unspecified atom stereocenters. The van der Waals surface area contributed by atoms with Crippen molar-refractivity contribution < 1.29 is 4.74 Å². The van der Waals surface area contributed by atoms with Gasteiger partial charge in [0, 0.05) is 24.4 Å². The number of nitrogens with one attached hydrogen (secondary N) is 1. The molecule has 0 aliphatic heterocycles. The predicted molar refractivity (Wildman–Crippen MR) is 79.8 cm³/mol. The molecule has 0 fully saturated rings. The van der Waals surface area contributed by atoms with Crippen molar-refractivity contribution in [2.24, 2.45) is 0 Å². The van der Waals surface area contributed by atoms with Gasteiger partial charge in [-0.3, -0.25) is 4.98 Å². The zero-order chi connectivity index (χ0) is 14.2. The highest BCUT2D eigenvalue weighted by Crippen LogP contribution is 2.22. The van der Waals surface area contributed by atoms with Gasteiger partial charge in [0.2, 0.25) is 0 Å². The number of rotatable bonds is 7. The number of ether oxygens (including phenoxy) is 1. The van der Waals surface area contributed by atoms with Crippen LogP contribution in [0.2, 0.25) is 0 Å². The van der Waals surface area contributed by atoms with E-state index >= 15 is 0 Å². The van der Waals surface area contributed by atoms with E-state index in [1.165, 1.54) is 0 Å². The minimum atomic E-state index is 0.693. The maximum atomic E-state index is 5.59. The summed E-state index contributed by atoms with van der Waals surface area (Å²) in [6.07, 6.45) is 7.10. The molecule has 0 bridgehead atoms. The first-order valence-electron chi connectivity index (χ1n) is 6.97. The maximum Gasteiger partial charge on any atom is 0.138 e. The van der Waals surface area contributed by atoms with Crippen LogP contribution >= 0.6 is 0 Å². The average Bonchev–Trinajstić information content (AvgIpc) is 2.51. The van der Waals surface area contributed by atoms with Gasteiger partial charge in [-0.25, -0.2) is 9.97 Å². The molecule has 0 radical (unpaired) electrons. The molecule has 0 amide bonds. The van der Waals surface area contributed by atoms with Crippen LogP contribution in [0.15, 0.2) is 30.9 Å². The Morgan fingerprint density at radius 2 is 2.00 bits per heavy atom. The molecule has 5 nitrogen and oxygen atoms in total. The van der Waals surface area contributed by atoms with E-state index in [2.05, 4.69) is 34.1 Å². The zero-order valence-electron chi connectivity index (χ0n) is 12.0. The molecule has 0 saturated carbocycles. The van der Waals surface area contributed by atoms with Crippen molar-refractivity contribution in [2.75, 3.05) is 18.5 Å². The van der Waals surface area contributed by atoms with Gasteiger partial charge in [0.05, 0.1) is 18.5 Å². The van der Waals surface area contributed by atoms with Crippen molar-refractivity contribution in [2.45, 2.75) is 26.7 Å². The summed E-state index contributed by atoms with van der Waals surface area (Å²) in [7, 11) is 0. The third-order valence-corrected chi connectivity index (χ3v) is 2.70. The first-order chi connectivity index (χ1) is 9.83. The number of hydrogen-bond acceptors (Lipinski definition) is 5. The lowest BCUT2D eigenvalue weighted by molar-refractivity contribution is 0.316. The summed E-state index contributed by atoms with van der Waals surface area (Å²) in [6, 6.07) is 3.88. The van der Waals surface area contributed by atoms with E-state index < -0.39 is 0 Å². The fourth-order valence-electron chi connectivity index (χ4n) is 1.72. The molecule has 2 rings (SSSR count). The van der Waals surface area contributed by atoms with Gasteiger partial charge in [0.1, 0.15) is 17.9 Å². The van der Waals surface area contributed by atoms with Crippen LogP contribution in [0.3, 0.4) is 0 Å². The Kier molecular flexibility index (Phi) is 5.29. The van der Waals surface area contributed by atoms with Crippen LogP contribution in [0.1, 0.15) is 26.7 Å². The zero-order valence-corrected chi connectivity index (χ0v) is 12.0. The summed E-state index contributed by atoms with van der Waals surface area (Å²) < 4.78 is 5.59. The molecule has 0 aliphatic carbocycles. The van der Waals surface area contributed by atoms with E-state index in [4.69, 9.17) is 4.74 Å². The highest BCUT2D eigenvalue weighted by atomic mass is 16.5. The molecule has 0 aliphatic rings. The number of hydrogen-bond donors (Lipinski definition) is 1. The van der Waals surface area contributed by atoms with Gasteiger partial charge in [-0.2, -0.15) is 0 Å². The van der Waals surface area contributed by atoms with Crippen molar-refractivity contribution in [1.29, 1.82) is 0 Å². The lowest BCUT2D eigenvalue weighted by Crippen LogP contribution is -2.02. The van der Waals surface area contributed by atoms with Gasteiger partial charge in [-0.1, -0.05) is 13.8 Å². The molecule has 1 N–H and O–H groups in total. The minimum Gasteiger partial charge on any atom is -0.492 e. The first-order valence-corrected chi connectivity index (χ1v) is 6.97. The molecular weight excluding hydrogens is 252 g/mol. The van der Waals surface area contributed by atoms with Crippen LogP contribution in [-0.2, 0) is 0 Å². The Morgan fingerprint density at radius 1 is 1.10 bits per heavy atom. The van der Waals surface area contributed by atoms with Crippen LogP contribution in [-0.4, -0.2) is 28.1 Å². The molecule has 2 aromatic heterocycles. The van der Waals surface area contributed by atoms with Gasteiger partial charge < -0.3 is 10.1 Å². The summed E-state index contributed by atoms with van der Waals surface area (Å²) in [5.41, 5.74) is 1.77. The highest BCUT2D eigenvalue weighted by molar-refractivity contribution is 5.62. The normalized spacial score (nSPS) is 10.3. The summed E-state index contributed by atoms with van der Waals surface area (Å²) >= 11 is 0. The van der Waals surface area contributed by atoms with E-state index in [1.54, 1.807) is 18.7 Å². The molecule has 0 atom stereocenters. The third kappa shape index (κ3) is 3.91. The lowest BCUT2D eigenvalue weighted by Gasteiger charge is -2.07. The van der Waals surface area contributed by atoms with Crippen molar-refractivity contribution in [3.05, 3.63) is 30.9 Å². The van der Waals surface area contributed by atoms with Crippen LogP contribution in [0.4, 0.5) is 5.82 Å². The lowest BCUT2D eigenvalue weighted by atomic mass is 10.2. The Hall–Kier alpha value is -2.17. The van der Waals surface area contributed by atoms with Gasteiger partial charge in [-0.15, -0.1) is 0 Å². The van der Waals surface area contributed by atoms with Crippen LogP contribution in [0.5, 0.6) is 5.75 Å². The molecule has 0 spiro atoms. The van der Waals surface area contributed by atoms with Crippen molar-refractivity contribution in [3.8, 4) is 17.0 Å². The van der Waals surface area contributed by atoms with Crippen LogP contribution in [0, 0.1) is 0 Å². The van der Waals surface area contributed by atoms with Gasteiger partial charge in [0.15, 0.2) is 0 Å². The summed E-state index contributed by atoms with van der Waals surface area (Å²) in [4.78, 5) is 12.7. The van der Waals surface area contributed by atoms with Gasteiger partial charge in [-0.05, 0) is 18.9 Å². The largest absolute Gasteiger partial charge is 0.492 e. The first kappa shape index (κ1) is 14.2. The highest BCUT2D eigenvalue weighted by Gasteiger charge is 2.04. The number of anilines is 1. The minimum absolute atomic E-state index is 0.693. The van der Waals surface area contributed by atoms with E-state index in [0.717, 1.165) is 42.2 Å². The fraction of sp³-hybridized carbons (Fsp3) is 0.400. The van der Waals surface area contributed by atoms with E-state index in [-0.39, 0.29) is 0 Å². The standard InChI is InChI=1S/C15H20N4O/c1-3-5-17-15-8-14(18-11-19-15)12-7-13(10-16-9-12)20-6-4-2/h7-11H,3-6H2,1-2H3,(H,17,18,19). The molecule has 2 aromatic rings. The molecular formula is C15H20N4O. The maximum absolute atomic E-state index is 5.59. The van der Waals surface area contributed by atoms with E-state index in [0.29, 0.717) is 6.61 Å². The second-order valence-corrected chi connectivity index (χ2v) is 4.47. The second-order valence-electron chi connectivity index (χ2n) is 4.47. The van der Waals surface area contributed by atoms with E-state index in [9.17, 15) is 0 Å². The topological polar surface area (TPSA) is 59.9 Å². The van der Waals surface area contributed by atoms with Crippen molar-refractivity contribution in [1.82, 2.24) is 15.0 Å². The SMILES string of the molecule is CCCNc1cc(-c2cncc(OCCC)c2)ncn1. The predicted octanol–water partition coefficient (Wildman–Crippen LogP) is 3.15. The molecule has 2 heterocycles. The second kappa shape index (κ2) is 7.43. The van der Waals surface area contributed by atoms with Crippen LogP contribution in [0.25, 0.3) is 11.3 Å². The van der Waals surface area contributed by atoms with Crippen molar-refractivity contribution in [3.63, 3.8) is 0 Å². The molecule has 20 heavy (non-hydrogen) atoms. The summed E-state index contributed by atoms with van der Waals surface area (Å²) in [5.74, 6) is 1.60.